The van der Waals surface area contributed by atoms with E-state index in [2.05, 4.69) is 4.98 Å². The molecule has 0 saturated heterocycles. The quantitative estimate of drug-likeness (QED) is 0.757. The SMILES string of the molecule is O=Cc1ccc(Cn2cc(Cl)cnc2=O)o1. The highest BCUT2D eigenvalue weighted by Gasteiger charge is 2.04. The van der Waals surface area contributed by atoms with Gasteiger partial charge in [0.25, 0.3) is 0 Å². The molecule has 82 valence electrons. The van der Waals surface area contributed by atoms with Crippen molar-refractivity contribution in [3.05, 3.63) is 51.6 Å². The van der Waals surface area contributed by atoms with Crippen molar-refractivity contribution in [2.24, 2.45) is 0 Å². The van der Waals surface area contributed by atoms with E-state index in [-0.39, 0.29) is 12.3 Å². The van der Waals surface area contributed by atoms with E-state index in [0.717, 1.165) is 0 Å². The molecule has 0 atom stereocenters. The van der Waals surface area contributed by atoms with Gasteiger partial charge in [0, 0.05) is 6.20 Å². The first-order chi connectivity index (χ1) is 7.69. The van der Waals surface area contributed by atoms with Gasteiger partial charge in [0.1, 0.15) is 5.76 Å². The largest absolute Gasteiger partial charge is 0.456 e. The summed E-state index contributed by atoms with van der Waals surface area (Å²) in [7, 11) is 0. The maximum atomic E-state index is 11.3. The molecule has 0 fully saturated rings. The molecule has 2 rings (SSSR count). The summed E-state index contributed by atoms with van der Waals surface area (Å²) < 4.78 is 6.43. The van der Waals surface area contributed by atoms with Gasteiger partial charge in [-0.15, -0.1) is 0 Å². The topological polar surface area (TPSA) is 65.1 Å². The van der Waals surface area contributed by atoms with E-state index < -0.39 is 5.69 Å². The van der Waals surface area contributed by atoms with Crippen molar-refractivity contribution in [1.29, 1.82) is 0 Å². The van der Waals surface area contributed by atoms with Crippen molar-refractivity contribution in [1.82, 2.24) is 9.55 Å². The third-order valence-electron chi connectivity index (χ3n) is 1.95. The van der Waals surface area contributed by atoms with Gasteiger partial charge in [-0.05, 0) is 12.1 Å². The van der Waals surface area contributed by atoms with Crippen LogP contribution in [0.3, 0.4) is 0 Å². The van der Waals surface area contributed by atoms with Crippen LogP contribution in [-0.4, -0.2) is 15.8 Å². The van der Waals surface area contributed by atoms with E-state index in [1.54, 1.807) is 6.07 Å². The van der Waals surface area contributed by atoms with Crippen molar-refractivity contribution >= 4 is 17.9 Å². The molecule has 0 aromatic carbocycles. The summed E-state index contributed by atoms with van der Waals surface area (Å²) in [6.45, 7) is 0.195. The molecule has 0 aliphatic heterocycles. The van der Waals surface area contributed by atoms with E-state index in [0.29, 0.717) is 17.1 Å². The van der Waals surface area contributed by atoms with Gasteiger partial charge in [-0.2, -0.15) is 0 Å². The minimum Gasteiger partial charge on any atom is -0.456 e. The van der Waals surface area contributed by atoms with Gasteiger partial charge in [-0.1, -0.05) is 11.6 Å². The first kappa shape index (κ1) is 10.6. The summed E-state index contributed by atoms with van der Waals surface area (Å²) in [4.78, 5) is 25.3. The number of nitrogens with zero attached hydrogens (tertiary/aromatic N) is 2. The van der Waals surface area contributed by atoms with Crippen LogP contribution in [-0.2, 0) is 6.54 Å². The Hall–Kier alpha value is -1.88. The second-order valence-corrected chi connectivity index (χ2v) is 3.54. The van der Waals surface area contributed by atoms with E-state index >= 15 is 0 Å². The van der Waals surface area contributed by atoms with Crippen LogP contribution >= 0.6 is 11.6 Å². The van der Waals surface area contributed by atoms with E-state index in [9.17, 15) is 9.59 Å². The van der Waals surface area contributed by atoms with Crippen LogP contribution in [0.25, 0.3) is 0 Å². The Morgan fingerprint density at radius 3 is 3.00 bits per heavy atom. The number of halogens is 1. The third kappa shape index (κ3) is 2.20. The summed E-state index contributed by atoms with van der Waals surface area (Å²) in [5.74, 6) is 0.714. The van der Waals surface area contributed by atoms with Crippen molar-refractivity contribution in [2.75, 3.05) is 0 Å². The fraction of sp³-hybridized carbons (Fsp3) is 0.100. The first-order valence-corrected chi connectivity index (χ1v) is 4.83. The van der Waals surface area contributed by atoms with Gasteiger partial charge < -0.3 is 4.42 Å². The molecule has 16 heavy (non-hydrogen) atoms. The van der Waals surface area contributed by atoms with Crippen molar-refractivity contribution in [2.45, 2.75) is 6.54 Å². The zero-order valence-electron chi connectivity index (χ0n) is 8.09. The normalized spacial score (nSPS) is 10.3. The Balaban J connectivity index is 2.29. The molecule has 2 heterocycles. The molecule has 0 saturated carbocycles. The molecule has 2 aromatic rings. The lowest BCUT2D eigenvalue weighted by atomic mass is 10.4. The van der Waals surface area contributed by atoms with Gasteiger partial charge in [0.15, 0.2) is 12.0 Å². The summed E-state index contributed by atoms with van der Waals surface area (Å²) in [6.07, 6.45) is 3.34. The van der Waals surface area contributed by atoms with Crippen LogP contribution < -0.4 is 5.69 Å². The number of carbonyl (C=O) groups excluding carboxylic acids is 1. The van der Waals surface area contributed by atoms with E-state index in [4.69, 9.17) is 16.0 Å². The molecule has 2 aromatic heterocycles. The van der Waals surface area contributed by atoms with Gasteiger partial charge in [0.05, 0.1) is 17.8 Å². The molecule has 0 radical (unpaired) electrons. The summed E-state index contributed by atoms with van der Waals surface area (Å²) in [6, 6.07) is 3.16. The second kappa shape index (κ2) is 4.32. The monoisotopic (exact) mass is 238 g/mol. The highest BCUT2D eigenvalue weighted by Crippen LogP contribution is 2.08. The van der Waals surface area contributed by atoms with Crippen LogP contribution in [0.2, 0.25) is 5.02 Å². The predicted molar refractivity (Wildman–Crippen MR) is 56.7 cm³/mol. The van der Waals surface area contributed by atoms with Crippen LogP contribution in [0.4, 0.5) is 0 Å². The lowest BCUT2D eigenvalue weighted by molar-refractivity contribution is 0.109. The molecule has 0 unspecified atom stereocenters. The Labute approximate surface area is 95.3 Å². The smallest absolute Gasteiger partial charge is 0.348 e. The fourth-order valence-corrected chi connectivity index (χ4v) is 1.42. The molecule has 0 aliphatic rings. The lowest BCUT2D eigenvalue weighted by Gasteiger charge is -2.01. The zero-order valence-corrected chi connectivity index (χ0v) is 8.85. The Morgan fingerprint density at radius 2 is 2.31 bits per heavy atom. The molecular weight excluding hydrogens is 232 g/mol. The Bertz CT molecular complexity index is 573. The number of rotatable bonds is 3. The van der Waals surface area contributed by atoms with Crippen LogP contribution in [0.5, 0.6) is 0 Å². The Kier molecular flexibility index (Phi) is 2.87. The molecule has 5 nitrogen and oxygen atoms in total. The van der Waals surface area contributed by atoms with Crippen molar-refractivity contribution in [3.8, 4) is 0 Å². The summed E-state index contributed by atoms with van der Waals surface area (Å²) in [5.41, 5.74) is -0.423. The van der Waals surface area contributed by atoms with E-state index in [1.165, 1.54) is 23.0 Å². The number of aromatic nitrogens is 2. The number of carbonyl (C=O) groups is 1. The molecule has 0 aliphatic carbocycles. The Morgan fingerprint density at radius 1 is 1.50 bits per heavy atom. The molecule has 0 bridgehead atoms. The first-order valence-electron chi connectivity index (χ1n) is 4.45. The zero-order chi connectivity index (χ0) is 11.5. The minimum absolute atomic E-state index is 0.195. The average Bonchev–Trinajstić information content (AvgIpc) is 2.71. The van der Waals surface area contributed by atoms with Crippen LogP contribution in [0.1, 0.15) is 16.3 Å². The highest BCUT2D eigenvalue weighted by atomic mass is 35.5. The second-order valence-electron chi connectivity index (χ2n) is 3.10. The molecule has 6 heteroatoms. The summed E-state index contributed by atoms with van der Waals surface area (Å²) in [5, 5.41) is 0.363. The minimum atomic E-state index is -0.423. The average molecular weight is 239 g/mol. The number of hydrogen-bond donors (Lipinski definition) is 0. The predicted octanol–water partition coefficient (Wildman–Crippen LogP) is 1.35. The summed E-state index contributed by atoms with van der Waals surface area (Å²) >= 11 is 5.71. The number of hydrogen-bond acceptors (Lipinski definition) is 4. The van der Waals surface area contributed by atoms with Gasteiger partial charge in [0.2, 0.25) is 0 Å². The van der Waals surface area contributed by atoms with Gasteiger partial charge in [-0.25, -0.2) is 9.78 Å². The maximum absolute atomic E-state index is 11.3. The van der Waals surface area contributed by atoms with Crippen LogP contribution in [0, 0.1) is 0 Å². The third-order valence-corrected chi connectivity index (χ3v) is 2.14. The molecule has 0 N–H and O–H groups in total. The highest BCUT2D eigenvalue weighted by molar-refractivity contribution is 6.30. The van der Waals surface area contributed by atoms with Crippen molar-refractivity contribution in [3.63, 3.8) is 0 Å². The number of aldehydes is 1. The standard InChI is InChI=1S/C10H7ClN2O3/c11-7-3-12-10(15)13(4-7)5-8-1-2-9(6-14)16-8/h1-4,6H,5H2. The van der Waals surface area contributed by atoms with E-state index in [1.807, 2.05) is 0 Å². The maximum Gasteiger partial charge on any atom is 0.348 e. The van der Waals surface area contributed by atoms with Gasteiger partial charge in [-0.3, -0.25) is 9.36 Å². The van der Waals surface area contributed by atoms with Gasteiger partial charge >= 0.3 is 5.69 Å². The fourth-order valence-electron chi connectivity index (χ4n) is 1.25. The molecule has 0 spiro atoms. The van der Waals surface area contributed by atoms with Crippen molar-refractivity contribution < 1.29 is 9.21 Å². The molecular formula is C10H7ClN2O3. The lowest BCUT2D eigenvalue weighted by Crippen LogP contribution is -2.22. The number of furan rings is 1. The van der Waals surface area contributed by atoms with Crippen LogP contribution in [0.15, 0.2) is 33.7 Å². The molecule has 0 amide bonds.